The van der Waals surface area contributed by atoms with E-state index in [1.54, 1.807) is 5.92 Å². The van der Waals surface area contributed by atoms with Gasteiger partial charge in [0.1, 0.15) is 0 Å². The Balaban J connectivity index is 1.66. The lowest BCUT2D eigenvalue weighted by molar-refractivity contribution is 0.483. The highest BCUT2D eigenvalue weighted by Crippen LogP contribution is 2.32. The van der Waals surface area contributed by atoms with Crippen LogP contribution in [0.2, 0.25) is 0 Å². The minimum atomic E-state index is 1.07. The van der Waals surface area contributed by atoms with Crippen molar-refractivity contribution in [3.63, 3.8) is 0 Å². The summed E-state index contributed by atoms with van der Waals surface area (Å²) < 4.78 is 0. The van der Waals surface area contributed by atoms with E-state index < -0.39 is 0 Å². The number of hydrogen-bond acceptors (Lipinski definition) is 0. The van der Waals surface area contributed by atoms with Gasteiger partial charge in [0.25, 0.3) is 0 Å². The fourth-order valence-corrected chi connectivity index (χ4v) is 2.68. The predicted octanol–water partition coefficient (Wildman–Crippen LogP) is 4.27. The van der Waals surface area contributed by atoms with Gasteiger partial charge in [-0.1, -0.05) is 37.8 Å². The molecule has 0 atom stereocenters. The Morgan fingerprint density at radius 3 is 2.69 bits per heavy atom. The van der Waals surface area contributed by atoms with Gasteiger partial charge in [0, 0.05) is 0 Å². The first kappa shape index (κ1) is 9.30. The lowest BCUT2D eigenvalue weighted by Crippen LogP contribution is -2.01. The summed E-state index contributed by atoms with van der Waals surface area (Å²) in [6.07, 6.45) is 17.7. The third-order valence-electron chi connectivity index (χ3n) is 3.57. The highest BCUT2D eigenvalue weighted by molar-refractivity contribution is 5.12. The van der Waals surface area contributed by atoms with Crippen LogP contribution in [0.5, 0.6) is 0 Å². The topological polar surface area (TPSA) is 0 Å². The summed E-state index contributed by atoms with van der Waals surface area (Å²) >= 11 is 0. The minimum Gasteiger partial charge on any atom is -0.0879 e. The second kappa shape index (κ2) is 4.83. The minimum absolute atomic E-state index is 1.07. The van der Waals surface area contributed by atoms with Gasteiger partial charge in [-0.15, -0.1) is 0 Å². The zero-order valence-electron chi connectivity index (χ0n) is 8.60. The highest BCUT2D eigenvalue weighted by Gasteiger charge is 2.17. The van der Waals surface area contributed by atoms with Crippen molar-refractivity contribution in [1.29, 1.82) is 0 Å². The molecule has 0 N–H and O–H groups in total. The lowest BCUT2D eigenvalue weighted by atomic mass is 9.88. The number of rotatable bonds is 3. The number of hydrogen-bond donors (Lipinski definition) is 0. The van der Waals surface area contributed by atoms with E-state index in [1.165, 1.54) is 57.8 Å². The maximum absolute atomic E-state index is 2.39. The van der Waals surface area contributed by atoms with Crippen molar-refractivity contribution in [2.75, 3.05) is 0 Å². The number of allylic oxidation sites excluding steroid dienone is 2. The molecule has 1 saturated carbocycles. The zero-order chi connectivity index (χ0) is 8.93. The Morgan fingerprint density at radius 2 is 2.00 bits per heavy atom. The van der Waals surface area contributed by atoms with E-state index in [1.807, 2.05) is 0 Å². The molecular weight excluding hydrogens is 156 g/mol. The molecule has 0 aromatic carbocycles. The molecule has 0 aromatic rings. The largest absolute Gasteiger partial charge is 0.0879 e. The fourth-order valence-electron chi connectivity index (χ4n) is 2.68. The molecule has 2 aliphatic rings. The molecule has 13 heavy (non-hydrogen) atoms. The molecule has 1 fully saturated rings. The first-order valence-corrected chi connectivity index (χ1v) is 5.96. The molecule has 0 aromatic heterocycles. The molecular formula is C13H21. The first-order chi connectivity index (χ1) is 6.45. The highest BCUT2D eigenvalue weighted by atomic mass is 14.2. The van der Waals surface area contributed by atoms with Gasteiger partial charge in [-0.3, -0.25) is 0 Å². The molecule has 0 amide bonds. The predicted molar refractivity (Wildman–Crippen MR) is 57.4 cm³/mol. The smallest absolute Gasteiger partial charge is 0.00271 e. The Bertz CT molecular complexity index is 163. The molecule has 2 rings (SSSR count). The summed E-state index contributed by atoms with van der Waals surface area (Å²) in [5.41, 5.74) is 0. The molecule has 0 nitrogen and oxygen atoms in total. The third kappa shape index (κ3) is 2.86. The molecule has 0 bridgehead atoms. The molecule has 0 aliphatic heterocycles. The molecule has 1 radical (unpaired) electrons. The quantitative estimate of drug-likeness (QED) is 0.604. The first-order valence-electron chi connectivity index (χ1n) is 5.96. The van der Waals surface area contributed by atoms with Gasteiger partial charge in [-0.2, -0.15) is 0 Å². The van der Waals surface area contributed by atoms with Crippen LogP contribution in [0.1, 0.15) is 57.8 Å². The van der Waals surface area contributed by atoms with E-state index in [-0.39, 0.29) is 0 Å². The van der Waals surface area contributed by atoms with E-state index in [2.05, 4.69) is 12.2 Å². The van der Waals surface area contributed by atoms with Crippen LogP contribution in [0.4, 0.5) is 0 Å². The van der Waals surface area contributed by atoms with Crippen LogP contribution in [0.15, 0.2) is 12.2 Å². The van der Waals surface area contributed by atoms with Gasteiger partial charge < -0.3 is 0 Å². The van der Waals surface area contributed by atoms with Crippen molar-refractivity contribution in [1.82, 2.24) is 0 Å². The summed E-state index contributed by atoms with van der Waals surface area (Å²) in [4.78, 5) is 0. The van der Waals surface area contributed by atoms with Crippen LogP contribution in [0.3, 0.4) is 0 Å². The van der Waals surface area contributed by atoms with Crippen molar-refractivity contribution in [2.24, 2.45) is 5.92 Å². The second-order valence-electron chi connectivity index (χ2n) is 4.64. The van der Waals surface area contributed by atoms with Gasteiger partial charge in [0.2, 0.25) is 0 Å². The Kier molecular flexibility index (Phi) is 3.46. The third-order valence-corrected chi connectivity index (χ3v) is 3.57. The fraction of sp³-hybridized carbons (Fsp3) is 0.769. The van der Waals surface area contributed by atoms with Gasteiger partial charge >= 0.3 is 0 Å². The SMILES string of the molecule is C1=C[C](CCC2CCCC2)CCC1. The van der Waals surface area contributed by atoms with Crippen molar-refractivity contribution >= 4 is 0 Å². The lowest BCUT2D eigenvalue weighted by Gasteiger charge is -2.17. The van der Waals surface area contributed by atoms with Crippen LogP contribution >= 0.6 is 0 Å². The Morgan fingerprint density at radius 1 is 1.15 bits per heavy atom. The average Bonchev–Trinajstić information content (AvgIpc) is 2.69. The van der Waals surface area contributed by atoms with Gasteiger partial charge in [0.05, 0.1) is 0 Å². The summed E-state index contributed by atoms with van der Waals surface area (Å²) in [6.45, 7) is 0. The molecule has 0 unspecified atom stereocenters. The van der Waals surface area contributed by atoms with Crippen LogP contribution < -0.4 is 0 Å². The van der Waals surface area contributed by atoms with Crippen molar-refractivity contribution in [3.8, 4) is 0 Å². The standard InChI is InChI=1S/C13H21/c1-2-6-12(7-3-1)10-11-13-8-4-5-9-13/h2,6,13H,1,3-5,7-11H2. The monoisotopic (exact) mass is 177 g/mol. The Labute approximate surface area is 82.4 Å². The van der Waals surface area contributed by atoms with Crippen LogP contribution in [-0.2, 0) is 0 Å². The Hall–Kier alpha value is -0.260. The summed E-state index contributed by atoms with van der Waals surface area (Å²) in [6, 6.07) is 0. The molecule has 0 saturated heterocycles. The van der Waals surface area contributed by atoms with Crippen molar-refractivity contribution in [3.05, 3.63) is 18.1 Å². The average molecular weight is 177 g/mol. The van der Waals surface area contributed by atoms with E-state index in [0.29, 0.717) is 0 Å². The van der Waals surface area contributed by atoms with Crippen LogP contribution in [0, 0.1) is 11.8 Å². The maximum atomic E-state index is 2.39. The molecule has 0 spiro atoms. The van der Waals surface area contributed by atoms with Crippen LogP contribution in [-0.4, -0.2) is 0 Å². The zero-order valence-corrected chi connectivity index (χ0v) is 8.60. The molecule has 73 valence electrons. The van der Waals surface area contributed by atoms with E-state index in [0.717, 1.165) is 5.92 Å². The second-order valence-corrected chi connectivity index (χ2v) is 4.64. The van der Waals surface area contributed by atoms with E-state index in [4.69, 9.17) is 0 Å². The van der Waals surface area contributed by atoms with Gasteiger partial charge in [0.15, 0.2) is 0 Å². The van der Waals surface area contributed by atoms with Crippen molar-refractivity contribution in [2.45, 2.75) is 57.8 Å². The van der Waals surface area contributed by atoms with E-state index in [9.17, 15) is 0 Å². The van der Waals surface area contributed by atoms with E-state index >= 15 is 0 Å². The summed E-state index contributed by atoms with van der Waals surface area (Å²) in [5.74, 6) is 2.79. The van der Waals surface area contributed by atoms with Crippen LogP contribution in [0.25, 0.3) is 0 Å². The molecule has 0 heterocycles. The molecule has 2 aliphatic carbocycles. The summed E-state index contributed by atoms with van der Waals surface area (Å²) in [7, 11) is 0. The van der Waals surface area contributed by atoms with Crippen molar-refractivity contribution < 1.29 is 0 Å². The van der Waals surface area contributed by atoms with Gasteiger partial charge in [-0.25, -0.2) is 0 Å². The normalized spacial score (nSPS) is 25.5. The summed E-state index contributed by atoms with van der Waals surface area (Å²) in [5, 5.41) is 0. The molecule has 0 heteroatoms. The van der Waals surface area contributed by atoms with Gasteiger partial charge in [-0.05, 0) is 43.9 Å². The maximum Gasteiger partial charge on any atom is -0.00271 e.